The van der Waals surface area contributed by atoms with Crippen molar-refractivity contribution in [1.29, 1.82) is 0 Å². The van der Waals surface area contributed by atoms with Gasteiger partial charge in [0.1, 0.15) is 11.9 Å². The third-order valence-corrected chi connectivity index (χ3v) is 3.60. The Morgan fingerprint density at radius 1 is 1.00 bits per heavy atom. The fourth-order valence-corrected chi connectivity index (χ4v) is 2.22. The maximum Gasteiger partial charge on any atom is 0.129 e. The van der Waals surface area contributed by atoms with Crippen molar-refractivity contribution >= 4 is 34.8 Å². The summed E-state index contributed by atoms with van der Waals surface area (Å²) in [6.07, 6.45) is -1.21. The van der Waals surface area contributed by atoms with Crippen molar-refractivity contribution in [2.24, 2.45) is 0 Å². The van der Waals surface area contributed by atoms with Gasteiger partial charge in [0, 0.05) is 16.1 Å². The van der Waals surface area contributed by atoms with Gasteiger partial charge >= 0.3 is 0 Å². The molecule has 2 aromatic carbocycles. The first-order valence-electron chi connectivity index (χ1n) is 5.07. The third-order valence-electron chi connectivity index (χ3n) is 2.53. The van der Waals surface area contributed by atoms with E-state index in [1.807, 2.05) is 0 Å². The Morgan fingerprint density at radius 3 is 2.44 bits per heavy atom. The van der Waals surface area contributed by atoms with Gasteiger partial charge in [0.2, 0.25) is 0 Å². The predicted octanol–water partition coefficient (Wildman–Crippen LogP) is 4.87. The van der Waals surface area contributed by atoms with E-state index in [4.69, 9.17) is 34.8 Å². The minimum atomic E-state index is -1.21. The molecule has 0 bridgehead atoms. The highest BCUT2D eigenvalue weighted by Crippen LogP contribution is 2.34. The number of rotatable bonds is 2. The molecule has 0 fully saturated rings. The lowest BCUT2D eigenvalue weighted by Crippen LogP contribution is -2.03. The lowest BCUT2D eigenvalue weighted by molar-refractivity contribution is 0.215. The van der Waals surface area contributed by atoms with Gasteiger partial charge in [-0.25, -0.2) is 4.39 Å². The van der Waals surface area contributed by atoms with Crippen LogP contribution in [0, 0.1) is 5.82 Å². The highest BCUT2D eigenvalue weighted by molar-refractivity contribution is 6.42. The molecule has 0 spiro atoms. The summed E-state index contributed by atoms with van der Waals surface area (Å²) in [5, 5.41) is 11.0. The van der Waals surface area contributed by atoms with Crippen LogP contribution in [-0.4, -0.2) is 5.11 Å². The monoisotopic (exact) mass is 304 g/mol. The molecule has 0 aromatic heterocycles. The highest BCUT2D eigenvalue weighted by atomic mass is 35.5. The van der Waals surface area contributed by atoms with Crippen LogP contribution in [-0.2, 0) is 0 Å². The van der Waals surface area contributed by atoms with Gasteiger partial charge in [-0.3, -0.25) is 0 Å². The van der Waals surface area contributed by atoms with Gasteiger partial charge in [0.25, 0.3) is 0 Å². The average Bonchev–Trinajstić information content (AvgIpc) is 2.35. The Morgan fingerprint density at radius 2 is 1.72 bits per heavy atom. The van der Waals surface area contributed by atoms with E-state index in [-0.39, 0.29) is 10.6 Å². The zero-order chi connectivity index (χ0) is 13.3. The van der Waals surface area contributed by atoms with E-state index in [9.17, 15) is 9.50 Å². The van der Waals surface area contributed by atoms with Gasteiger partial charge in [-0.2, -0.15) is 0 Å². The molecular weight excluding hydrogens is 297 g/mol. The van der Waals surface area contributed by atoms with Gasteiger partial charge in [-0.1, -0.05) is 46.9 Å². The standard InChI is InChI=1S/C13H8Cl3FO/c14-7-4-5-11(17)9(6-7)13(18)8-2-1-3-10(15)12(8)16/h1-6,13,18H. The zero-order valence-corrected chi connectivity index (χ0v) is 11.3. The van der Waals surface area contributed by atoms with E-state index in [0.717, 1.165) is 0 Å². The fourth-order valence-electron chi connectivity index (χ4n) is 1.62. The van der Waals surface area contributed by atoms with E-state index < -0.39 is 11.9 Å². The normalized spacial score (nSPS) is 12.5. The van der Waals surface area contributed by atoms with Gasteiger partial charge < -0.3 is 5.11 Å². The Bertz CT molecular complexity index is 584. The molecule has 0 saturated heterocycles. The second kappa shape index (κ2) is 5.45. The maximum atomic E-state index is 13.6. The van der Waals surface area contributed by atoms with Crippen LogP contribution < -0.4 is 0 Å². The molecule has 0 heterocycles. The van der Waals surface area contributed by atoms with Crippen LogP contribution in [0.5, 0.6) is 0 Å². The first-order chi connectivity index (χ1) is 8.50. The number of halogens is 4. The molecule has 5 heteroatoms. The molecule has 0 aliphatic rings. The van der Waals surface area contributed by atoms with Crippen LogP contribution >= 0.6 is 34.8 Å². The Kier molecular flexibility index (Phi) is 4.13. The van der Waals surface area contributed by atoms with E-state index in [0.29, 0.717) is 15.6 Å². The summed E-state index contributed by atoms with van der Waals surface area (Å²) in [5.74, 6) is -0.553. The Labute approximate surface area is 119 Å². The summed E-state index contributed by atoms with van der Waals surface area (Å²) in [5.41, 5.74) is 0.400. The van der Waals surface area contributed by atoms with Crippen LogP contribution in [0.2, 0.25) is 15.1 Å². The average molecular weight is 306 g/mol. The van der Waals surface area contributed by atoms with E-state index in [1.54, 1.807) is 18.2 Å². The zero-order valence-electron chi connectivity index (χ0n) is 9.00. The van der Waals surface area contributed by atoms with Crippen molar-refractivity contribution in [3.63, 3.8) is 0 Å². The molecule has 2 aromatic rings. The lowest BCUT2D eigenvalue weighted by atomic mass is 10.0. The summed E-state index contributed by atoms with van der Waals surface area (Å²) >= 11 is 17.6. The lowest BCUT2D eigenvalue weighted by Gasteiger charge is -2.14. The number of aliphatic hydroxyl groups excluding tert-OH is 1. The fraction of sp³-hybridized carbons (Fsp3) is 0.0769. The summed E-state index contributed by atoms with van der Waals surface area (Å²) in [4.78, 5) is 0. The molecule has 0 radical (unpaired) electrons. The molecule has 2 rings (SSSR count). The van der Waals surface area contributed by atoms with Crippen LogP contribution in [0.4, 0.5) is 4.39 Å². The first-order valence-corrected chi connectivity index (χ1v) is 6.21. The van der Waals surface area contributed by atoms with E-state index >= 15 is 0 Å². The molecule has 1 atom stereocenters. The second-order valence-corrected chi connectivity index (χ2v) is 4.93. The summed E-state index contributed by atoms with van der Waals surface area (Å²) in [6.45, 7) is 0. The summed E-state index contributed by atoms with van der Waals surface area (Å²) in [7, 11) is 0. The number of benzene rings is 2. The maximum absolute atomic E-state index is 13.6. The van der Waals surface area contributed by atoms with Gasteiger partial charge in [-0.05, 0) is 24.3 Å². The molecule has 1 unspecified atom stereocenters. The molecular formula is C13H8Cl3FO. The Hall–Kier alpha value is -0.800. The molecule has 94 valence electrons. The van der Waals surface area contributed by atoms with E-state index in [2.05, 4.69) is 0 Å². The molecule has 0 saturated carbocycles. The number of aliphatic hydroxyl groups is 1. The first kappa shape index (κ1) is 13.6. The molecule has 1 nitrogen and oxygen atoms in total. The predicted molar refractivity (Wildman–Crippen MR) is 71.9 cm³/mol. The van der Waals surface area contributed by atoms with Crippen LogP contribution in [0.25, 0.3) is 0 Å². The topological polar surface area (TPSA) is 20.2 Å². The molecule has 1 N–H and O–H groups in total. The van der Waals surface area contributed by atoms with Crippen LogP contribution in [0.1, 0.15) is 17.2 Å². The summed E-state index contributed by atoms with van der Waals surface area (Å²) in [6, 6.07) is 8.77. The quantitative estimate of drug-likeness (QED) is 0.839. The van der Waals surface area contributed by atoms with E-state index in [1.165, 1.54) is 18.2 Å². The van der Waals surface area contributed by atoms with Crippen molar-refractivity contribution in [2.45, 2.75) is 6.10 Å². The highest BCUT2D eigenvalue weighted by Gasteiger charge is 2.19. The van der Waals surface area contributed by atoms with Crippen molar-refractivity contribution in [3.8, 4) is 0 Å². The van der Waals surface area contributed by atoms with Crippen molar-refractivity contribution in [1.82, 2.24) is 0 Å². The minimum absolute atomic E-state index is 0.0617. The third kappa shape index (κ3) is 2.62. The Balaban J connectivity index is 2.51. The molecule has 0 aliphatic carbocycles. The summed E-state index contributed by atoms with van der Waals surface area (Å²) < 4.78 is 13.6. The minimum Gasteiger partial charge on any atom is -0.383 e. The largest absolute Gasteiger partial charge is 0.383 e. The van der Waals surface area contributed by atoms with Crippen molar-refractivity contribution in [3.05, 3.63) is 68.4 Å². The molecule has 0 aliphatic heterocycles. The van der Waals surface area contributed by atoms with Crippen molar-refractivity contribution < 1.29 is 9.50 Å². The number of hydrogen-bond donors (Lipinski definition) is 1. The van der Waals surface area contributed by atoms with Gasteiger partial charge in [-0.15, -0.1) is 0 Å². The van der Waals surface area contributed by atoms with Gasteiger partial charge in [0.15, 0.2) is 0 Å². The second-order valence-electron chi connectivity index (χ2n) is 3.71. The van der Waals surface area contributed by atoms with Crippen molar-refractivity contribution in [2.75, 3.05) is 0 Å². The SMILES string of the molecule is OC(c1cc(Cl)ccc1F)c1cccc(Cl)c1Cl. The van der Waals surface area contributed by atoms with Crippen LogP contribution in [0.3, 0.4) is 0 Å². The molecule has 0 amide bonds. The van der Waals surface area contributed by atoms with Gasteiger partial charge in [0.05, 0.1) is 10.0 Å². The smallest absolute Gasteiger partial charge is 0.129 e. The number of hydrogen-bond acceptors (Lipinski definition) is 1. The van der Waals surface area contributed by atoms with Crippen LogP contribution in [0.15, 0.2) is 36.4 Å². The molecule has 18 heavy (non-hydrogen) atoms.